The molecule has 0 aliphatic heterocycles. The van der Waals surface area contributed by atoms with Gasteiger partial charge in [-0.05, 0) is 25.3 Å². The molecule has 0 aromatic heterocycles. The van der Waals surface area contributed by atoms with Crippen LogP contribution < -0.4 is 5.32 Å². The highest BCUT2D eigenvalue weighted by atomic mass is 16.5. The first kappa shape index (κ1) is 15.9. The minimum Gasteiger partial charge on any atom is -0.378 e. The van der Waals surface area contributed by atoms with Gasteiger partial charge in [0.05, 0.1) is 12.7 Å². The van der Waals surface area contributed by atoms with Crippen LogP contribution in [0.5, 0.6) is 0 Å². The number of nitrogens with one attached hydrogen (secondary N) is 1. The summed E-state index contributed by atoms with van der Waals surface area (Å²) in [5.74, 6) is 1.31. The van der Waals surface area contributed by atoms with Crippen molar-refractivity contribution >= 4 is 0 Å². The van der Waals surface area contributed by atoms with E-state index in [1.807, 2.05) is 0 Å². The zero-order chi connectivity index (χ0) is 12.8. The van der Waals surface area contributed by atoms with E-state index in [1.54, 1.807) is 0 Å². The molecule has 98 valence electrons. The second-order valence-electron chi connectivity index (χ2n) is 6.45. The van der Waals surface area contributed by atoms with Gasteiger partial charge in [-0.15, -0.1) is 0 Å². The molecule has 2 heteroatoms. The molecular formula is C14H31NO. The van der Waals surface area contributed by atoms with E-state index in [4.69, 9.17) is 4.74 Å². The van der Waals surface area contributed by atoms with Crippen LogP contribution in [-0.2, 0) is 4.74 Å². The van der Waals surface area contributed by atoms with Gasteiger partial charge < -0.3 is 10.1 Å². The largest absolute Gasteiger partial charge is 0.378 e. The molecular weight excluding hydrogens is 198 g/mol. The third-order valence-corrected chi connectivity index (χ3v) is 2.83. The fraction of sp³-hybridized carbons (Fsp3) is 1.00. The van der Waals surface area contributed by atoms with Gasteiger partial charge in [0.2, 0.25) is 0 Å². The SMILES string of the molecule is CC(C)CNCC(C)(C)COC(C)C(C)C. The van der Waals surface area contributed by atoms with Crippen molar-refractivity contribution in [2.75, 3.05) is 19.7 Å². The number of ether oxygens (including phenoxy) is 1. The summed E-state index contributed by atoms with van der Waals surface area (Å²) in [7, 11) is 0. The standard InChI is InChI=1S/C14H31NO/c1-11(2)8-15-9-14(6,7)10-16-13(5)12(3)4/h11-13,15H,8-10H2,1-7H3. The number of hydrogen-bond acceptors (Lipinski definition) is 2. The van der Waals surface area contributed by atoms with E-state index >= 15 is 0 Å². The molecule has 0 aliphatic rings. The fourth-order valence-electron chi connectivity index (χ4n) is 1.30. The molecule has 0 radical (unpaired) electrons. The second kappa shape index (κ2) is 7.29. The smallest absolute Gasteiger partial charge is 0.0570 e. The molecule has 0 saturated heterocycles. The summed E-state index contributed by atoms with van der Waals surface area (Å²) in [6.07, 6.45) is 0.351. The molecule has 0 rings (SSSR count). The van der Waals surface area contributed by atoms with Crippen molar-refractivity contribution in [3.63, 3.8) is 0 Å². The maximum Gasteiger partial charge on any atom is 0.0570 e. The van der Waals surface area contributed by atoms with Gasteiger partial charge in [-0.25, -0.2) is 0 Å². The minimum absolute atomic E-state index is 0.220. The molecule has 16 heavy (non-hydrogen) atoms. The van der Waals surface area contributed by atoms with Gasteiger partial charge in [0.1, 0.15) is 0 Å². The van der Waals surface area contributed by atoms with Crippen LogP contribution in [0.4, 0.5) is 0 Å². The molecule has 1 atom stereocenters. The lowest BCUT2D eigenvalue weighted by Crippen LogP contribution is -2.36. The Morgan fingerprint density at radius 3 is 2.06 bits per heavy atom. The molecule has 0 fully saturated rings. The van der Waals surface area contributed by atoms with Crippen LogP contribution in [0.3, 0.4) is 0 Å². The first-order valence-corrected chi connectivity index (χ1v) is 6.57. The zero-order valence-electron chi connectivity index (χ0n) is 12.3. The molecule has 0 aromatic rings. The van der Waals surface area contributed by atoms with Gasteiger partial charge in [0.25, 0.3) is 0 Å². The van der Waals surface area contributed by atoms with Gasteiger partial charge in [-0.1, -0.05) is 41.5 Å². The van der Waals surface area contributed by atoms with E-state index in [0.717, 1.165) is 19.7 Å². The summed E-state index contributed by atoms with van der Waals surface area (Å²) >= 11 is 0. The van der Waals surface area contributed by atoms with Crippen molar-refractivity contribution < 1.29 is 4.74 Å². The monoisotopic (exact) mass is 229 g/mol. The zero-order valence-corrected chi connectivity index (χ0v) is 12.3. The normalized spacial score (nSPS) is 14.8. The quantitative estimate of drug-likeness (QED) is 0.689. The molecule has 2 nitrogen and oxygen atoms in total. The third kappa shape index (κ3) is 8.12. The molecule has 0 aliphatic carbocycles. The van der Waals surface area contributed by atoms with E-state index < -0.39 is 0 Å². The highest BCUT2D eigenvalue weighted by molar-refractivity contribution is 4.72. The lowest BCUT2D eigenvalue weighted by Gasteiger charge is -2.28. The summed E-state index contributed by atoms with van der Waals surface area (Å²) in [5.41, 5.74) is 0.220. The summed E-state index contributed by atoms with van der Waals surface area (Å²) in [5, 5.41) is 3.50. The third-order valence-electron chi connectivity index (χ3n) is 2.83. The van der Waals surface area contributed by atoms with Gasteiger partial charge in [-0.2, -0.15) is 0 Å². The predicted octanol–water partition coefficient (Wildman–Crippen LogP) is 3.32. The molecule has 0 bridgehead atoms. The molecule has 0 heterocycles. The summed E-state index contributed by atoms with van der Waals surface area (Å²) < 4.78 is 5.89. The Balaban J connectivity index is 3.77. The lowest BCUT2D eigenvalue weighted by atomic mass is 9.94. The van der Waals surface area contributed by atoms with Crippen molar-refractivity contribution in [1.82, 2.24) is 5.32 Å². The Morgan fingerprint density at radius 2 is 1.62 bits per heavy atom. The fourth-order valence-corrected chi connectivity index (χ4v) is 1.30. The van der Waals surface area contributed by atoms with Gasteiger partial charge >= 0.3 is 0 Å². The highest BCUT2D eigenvalue weighted by Crippen LogP contribution is 2.17. The average molecular weight is 229 g/mol. The Hall–Kier alpha value is -0.0800. The van der Waals surface area contributed by atoms with Gasteiger partial charge in [0.15, 0.2) is 0 Å². The van der Waals surface area contributed by atoms with Crippen molar-refractivity contribution in [2.24, 2.45) is 17.3 Å². The maximum atomic E-state index is 5.89. The Kier molecular flexibility index (Phi) is 7.25. The van der Waals surface area contributed by atoms with Crippen LogP contribution in [0.15, 0.2) is 0 Å². The van der Waals surface area contributed by atoms with Gasteiger partial charge in [0, 0.05) is 12.0 Å². The van der Waals surface area contributed by atoms with E-state index in [9.17, 15) is 0 Å². The van der Waals surface area contributed by atoms with Crippen LogP contribution in [0.2, 0.25) is 0 Å². The summed E-state index contributed by atoms with van der Waals surface area (Å²) in [6, 6.07) is 0. The highest BCUT2D eigenvalue weighted by Gasteiger charge is 2.20. The minimum atomic E-state index is 0.220. The summed E-state index contributed by atoms with van der Waals surface area (Å²) in [4.78, 5) is 0. The molecule has 1 unspecified atom stereocenters. The van der Waals surface area contributed by atoms with Crippen LogP contribution in [0.1, 0.15) is 48.5 Å². The molecule has 0 saturated carbocycles. The first-order valence-electron chi connectivity index (χ1n) is 6.57. The Bertz CT molecular complexity index is 176. The van der Waals surface area contributed by atoms with Crippen LogP contribution in [0.25, 0.3) is 0 Å². The van der Waals surface area contributed by atoms with Crippen molar-refractivity contribution in [3.8, 4) is 0 Å². The van der Waals surface area contributed by atoms with Crippen LogP contribution in [0, 0.1) is 17.3 Å². The van der Waals surface area contributed by atoms with Crippen molar-refractivity contribution in [3.05, 3.63) is 0 Å². The number of hydrogen-bond donors (Lipinski definition) is 1. The van der Waals surface area contributed by atoms with Crippen LogP contribution in [-0.4, -0.2) is 25.8 Å². The van der Waals surface area contributed by atoms with Crippen molar-refractivity contribution in [1.29, 1.82) is 0 Å². The predicted molar refractivity (Wildman–Crippen MR) is 71.7 cm³/mol. The van der Waals surface area contributed by atoms with E-state index in [-0.39, 0.29) is 5.41 Å². The topological polar surface area (TPSA) is 21.3 Å². The van der Waals surface area contributed by atoms with E-state index in [1.165, 1.54) is 0 Å². The average Bonchev–Trinajstić information content (AvgIpc) is 2.13. The second-order valence-corrected chi connectivity index (χ2v) is 6.45. The lowest BCUT2D eigenvalue weighted by molar-refractivity contribution is -0.00975. The Labute approximate surface area is 102 Å². The van der Waals surface area contributed by atoms with Crippen LogP contribution >= 0.6 is 0 Å². The Morgan fingerprint density at radius 1 is 1.06 bits per heavy atom. The summed E-state index contributed by atoms with van der Waals surface area (Å²) in [6.45, 7) is 18.5. The van der Waals surface area contributed by atoms with E-state index in [2.05, 4.69) is 53.8 Å². The molecule has 1 N–H and O–H groups in total. The maximum absolute atomic E-state index is 5.89. The van der Waals surface area contributed by atoms with Gasteiger partial charge in [-0.3, -0.25) is 0 Å². The molecule has 0 amide bonds. The number of rotatable bonds is 8. The van der Waals surface area contributed by atoms with E-state index in [0.29, 0.717) is 17.9 Å². The molecule has 0 aromatic carbocycles. The first-order chi connectivity index (χ1) is 7.24. The molecule has 0 spiro atoms. The van der Waals surface area contributed by atoms with Crippen molar-refractivity contribution in [2.45, 2.75) is 54.6 Å².